The monoisotopic (exact) mass is 200 g/mol. The van der Waals surface area contributed by atoms with Gasteiger partial charge in [-0.05, 0) is 23.4 Å². The van der Waals surface area contributed by atoms with Gasteiger partial charge in [-0.1, -0.05) is 13.3 Å². The maximum Gasteiger partial charge on any atom is 0.0885 e. The summed E-state index contributed by atoms with van der Waals surface area (Å²) in [5.74, 6) is 0. The van der Waals surface area contributed by atoms with Crippen molar-refractivity contribution in [1.82, 2.24) is 0 Å². The summed E-state index contributed by atoms with van der Waals surface area (Å²) in [6.07, 6.45) is 1.53. The van der Waals surface area contributed by atoms with Gasteiger partial charge >= 0.3 is 0 Å². The summed E-state index contributed by atoms with van der Waals surface area (Å²) < 4.78 is 5.05. The second-order valence-electron chi connectivity index (χ2n) is 3.05. The molecular formula is C10H16O2S. The standard InChI is InChI=1S/C10H16O2S/c1-3-4-9(11)10-8(7-12-2)5-6-13-10/h5-6,9,11H,3-4,7H2,1-2H3. The molecule has 0 radical (unpaired) electrons. The van der Waals surface area contributed by atoms with Crippen molar-refractivity contribution in [3.05, 3.63) is 21.9 Å². The Kier molecular flexibility index (Phi) is 4.42. The van der Waals surface area contributed by atoms with Gasteiger partial charge in [-0.2, -0.15) is 0 Å². The topological polar surface area (TPSA) is 29.5 Å². The zero-order valence-corrected chi connectivity index (χ0v) is 8.93. The number of rotatable bonds is 5. The Morgan fingerprint density at radius 1 is 1.62 bits per heavy atom. The Balaban J connectivity index is 2.68. The molecule has 1 aromatic heterocycles. The summed E-state index contributed by atoms with van der Waals surface area (Å²) in [6.45, 7) is 2.67. The van der Waals surface area contributed by atoms with Crippen molar-refractivity contribution in [2.45, 2.75) is 32.5 Å². The average Bonchev–Trinajstić information content (AvgIpc) is 2.54. The van der Waals surface area contributed by atoms with E-state index in [0.29, 0.717) is 6.61 Å². The van der Waals surface area contributed by atoms with Crippen LogP contribution < -0.4 is 0 Å². The zero-order valence-electron chi connectivity index (χ0n) is 8.12. The van der Waals surface area contributed by atoms with E-state index >= 15 is 0 Å². The van der Waals surface area contributed by atoms with Gasteiger partial charge in [0.05, 0.1) is 12.7 Å². The number of hydrogen-bond acceptors (Lipinski definition) is 3. The Labute approximate surface area is 83.2 Å². The van der Waals surface area contributed by atoms with Gasteiger partial charge in [0.15, 0.2) is 0 Å². The van der Waals surface area contributed by atoms with Gasteiger partial charge in [0, 0.05) is 12.0 Å². The lowest BCUT2D eigenvalue weighted by Gasteiger charge is -2.09. The van der Waals surface area contributed by atoms with Crippen LogP contribution in [0.15, 0.2) is 11.4 Å². The van der Waals surface area contributed by atoms with E-state index in [4.69, 9.17) is 4.74 Å². The summed E-state index contributed by atoms with van der Waals surface area (Å²) in [5.41, 5.74) is 1.12. The third-order valence-corrected chi connectivity index (χ3v) is 3.01. The highest BCUT2D eigenvalue weighted by atomic mass is 32.1. The predicted octanol–water partition coefficient (Wildman–Crippen LogP) is 2.73. The van der Waals surface area contributed by atoms with Crippen molar-refractivity contribution < 1.29 is 9.84 Å². The van der Waals surface area contributed by atoms with E-state index in [1.165, 1.54) is 0 Å². The molecule has 74 valence electrons. The Hall–Kier alpha value is -0.380. The Morgan fingerprint density at radius 3 is 3.00 bits per heavy atom. The van der Waals surface area contributed by atoms with E-state index in [9.17, 15) is 5.11 Å². The third kappa shape index (κ3) is 2.79. The predicted molar refractivity (Wildman–Crippen MR) is 54.9 cm³/mol. The fraction of sp³-hybridized carbons (Fsp3) is 0.600. The molecule has 0 fully saturated rings. The van der Waals surface area contributed by atoms with Crippen LogP contribution >= 0.6 is 11.3 Å². The van der Waals surface area contributed by atoms with Crippen LogP contribution in [0.3, 0.4) is 0 Å². The normalized spacial score (nSPS) is 13.2. The van der Waals surface area contributed by atoms with Gasteiger partial charge in [-0.3, -0.25) is 0 Å². The van der Waals surface area contributed by atoms with Gasteiger partial charge in [-0.15, -0.1) is 11.3 Å². The minimum Gasteiger partial charge on any atom is -0.388 e. The SMILES string of the molecule is CCCC(O)c1sccc1COC. The van der Waals surface area contributed by atoms with Gasteiger partial charge in [0.2, 0.25) is 0 Å². The van der Waals surface area contributed by atoms with Gasteiger partial charge in [0.25, 0.3) is 0 Å². The summed E-state index contributed by atoms with van der Waals surface area (Å²) in [4.78, 5) is 1.06. The van der Waals surface area contributed by atoms with Crippen molar-refractivity contribution in [3.8, 4) is 0 Å². The van der Waals surface area contributed by atoms with Crippen molar-refractivity contribution >= 4 is 11.3 Å². The molecule has 3 heteroatoms. The first-order valence-corrected chi connectivity index (χ1v) is 5.40. The maximum atomic E-state index is 9.77. The first-order valence-electron chi connectivity index (χ1n) is 4.52. The fourth-order valence-electron chi connectivity index (χ4n) is 1.32. The molecule has 0 saturated carbocycles. The summed E-state index contributed by atoms with van der Waals surface area (Å²) in [5, 5.41) is 11.8. The van der Waals surface area contributed by atoms with Crippen LogP contribution in [0.1, 0.15) is 36.3 Å². The van der Waals surface area contributed by atoms with Crippen molar-refractivity contribution in [1.29, 1.82) is 0 Å². The summed E-state index contributed by atoms with van der Waals surface area (Å²) in [6, 6.07) is 2.02. The van der Waals surface area contributed by atoms with E-state index in [-0.39, 0.29) is 6.10 Å². The van der Waals surface area contributed by atoms with Crippen LogP contribution in [-0.2, 0) is 11.3 Å². The molecule has 2 nitrogen and oxygen atoms in total. The second kappa shape index (κ2) is 5.37. The number of methoxy groups -OCH3 is 1. The van der Waals surface area contributed by atoms with Crippen LogP contribution in [0.4, 0.5) is 0 Å². The molecule has 1 N–H and O–H groups in total. The largest absolute Gasteiger partial charge is 0.388 e. The van der Waals surface area contributed by atoms with Crippen LogP contribution in [0.5, 0.6) is 0 Å². The number of hydrogen-bond donors (Lipinski definition) is 1. The smallest absolute Gasteiger partial charge is 0.0885 e. The molecule has 1 rings (SSSR count). The van der Waals surface area contributed by atoms with Crippen LogP contribution in [0.25, 0.3) is 0 Å². The lowest BCUT2D eigenvalue weighted by molar-refractivity contribution is 0.157. The van der Waals surface area contributed by atoms with Gasteiger partial charge < -0.3 is 9.84 Å². The van der Waals surface area contributed by atoms with E-state index in [0.717, 1.165) is 23.3 Å². The minimum atomic E-state index is -0.310. The third-order valence-electron chi connectivity index (χ3n) is 1.95. The Morgan fingerprint density at radius 2 is 2.38 bits per heavy atom. The van der Waals surface area contributed by atoms with Crippen molar-refractivity contribution in [2.24, 2.45) is 0 Å². The van der Waals surface area contributed by atoms with Crippen molar-refractivity contribution in [3.63, 3.8) is 0 Å². The summed E-state index contributed by atoms with van der Waals surface area (Å²) in [7, 11) is 1.67. The molecule has 0 aromatic carbocycles. The number of ether oxygens (including phenoxy) is 1. The Bertz CT molecular complexity index is 245. The number of aliphatic hydroxyl groups is 1. The maximum absolute atomic E-state index is 9.77. The molecule has 1 atom stereocenters. The molecule has 0 saturated heterocycles. The molecule has 0 amide bonds. The van der Waals surface area contributed by atoms with Crippen molar-refractivity contribution in [2.75, 3.05) is 7.11 Å². The molecule has 0 bridgehead atoms. The van der Waals surface area contributed by atoms with E-state index in [2.05, 4.69) is 6.92 Å². The first kappa shape index (κ1) is 10.7. The van der Waals surface area contributed by atoms with Gasteiger partial charge in [-0.25, -0.2) is 0 Å². The van der Waals surface area contributed by atoms with E-state index in [1.807, 2.05) is 11.4 Å². The highest BCUT2D eigenvalue weighted by Gasteiger charge is 2.12. The molecular weight excluding hydrogens is 184 g/mol. The fourth-order valence-corrected chi connectivity index (χ4v) is 2.25. The quantitative estimate of drug-likeness (QED) is 0.792. The van der Waals surface area contributed by atoms with Gasteiger partial charge in [0.1, 0.15) is 0 Å². The lowest BCUT2D eigenvalue weighted by atomic mass is 10.1. The molecule has 1 unspecified atom stereocenters. The van der Waals surface area contributed by atoms with Crippen LogP contribution in [0, 0.1) is 0 Å². The molecule has 1 heterocycles. The molecule has 13 heavy (non-hydrogen) atoms. The summed E-state index contributed by atoms with van der Waals surface area (Å²) >= 11 is 1.61. The first-order chi connectivity index (χ1) is 6.29. The van der Waals surface area contributed by atoms with Crippen LogP contribution in [-0.4, -0.2) is 12.2 Å². The molecule has 0 spiro atoms. The zero-order chi connectivity index (χ0) is 9.68. The van der Waals surface area contributed by atoms with E-state index in [1.54, 1.807) is 18.4 Å². The second-order valence-corrected chi connectivity index (χ2v) is 4.00. The molecule has 0 aliphatic heterocycles. The highest BCUT2D eigenvalue weighted by Crippen LogP contribution is 2.27. The van der Waals surface area contributed by atoms with E-state index < -0.39 is 0 Å². The minimum absolute atomic E-state index is 0.310. The molecule has 0 aliphatic carbocycles. The lowest BCUT2D eigenvalue weighted by Crippen LogP contribution is -1.98. The molecule has 0 aliphatic rings. The average molecular weight is 200 g/mol. The number of aliphatic hydroxyl groups excluding tert-OH is 1. The van der Waals surface area contributed by atoms with Crippen LogP contribution in [0.2, 0.25) is 0 Å². The molecule has 1 aromatic rings. The number of thiophene rings is 1. The highest BCUT2D eigenvalue weighted by molar-refractivity contribution is 7.10.